The molecule has 25 heavy (non-hydrogen) atoms. The van der Waals surface area contributed by atoms with Crippen LogP contribution in [0.3, 0.4) is 0 Å². The van der Waals surface area contributed by atoms with Crippen molar-refractivity contribution in [2.24, 2.45) is 0 Å². The van der Waals surface area contributed by atoms with Crippen molar-refractivity contribution in [2.75, 3.05) is 17.2 Å². The number of alkyl halides is 5. The molecule has 11 heteroatoms. The largest absolute Gasteiger partial charge is 0.435 e. The van der Waals surface area contributed by atoms with Crippen molar-refractivity contribution in [2.45, 2.75) is 19.7 Å². The zero-order chi connectivity index (χ0) is 18.6. The van der Waals surface area contributed by atoms with E-state index in [1.165, 1.54) is 12.1 Å². The Morgan fingerprint density at radius 3 is 2.60 bits per heavy atom. The number of benzene rings is 1. The molecule has 0 radical (unpaired) electrons. The van der Waals surface area contributed by atoms with Crippen LogP contribution in [0.2, 0.25) is 5.02 Å². The van der Waals surface area contributed by atoms with Gasteiger partial charge in [0, 0.05) is 18.8 Å². The summed E-state index contributed by atoms with van der Waals surface area (Å²) in [7, 11) is 0. The molecule has 5 nitrogen and oxygen atoms in total. The van der Waals surface area contributed by atoms with Crippen molar-refractivity contribution in [3.63, 3.8) is 0 Å². The fourth-order valence-electron chi connectivity index (χ4n) is 1.85. The van der Waals surface area contributed by atoms with Gasteiger partial charge >= 0.3 is 12.8 Å². The quantitative estimate of drug-likeness (QED) is 0.694. The summed E-state index contributed by atoms with van der Waals surface area (Å²) >= 11 is 5.93. The summed E-state index contributed by atoms with van der Waals surface area (Å²) in [5.74, 6) is -0.788. The van der Waals surface area contributed by atoms with Gasteiger partial charge in [0.25, 0.3) is 0 Å². The molecule has 0 atom stereocenters. The molecule has 0 spiro atoms. The van der Waals surface area contributed by atoms with Crippen LogP contribution in [-0.4, -0.2) is 23.1 Å². The van der Waals surface area contributed by atoms with Gasteiger partial charge in [-0.05, 0) is 19.1 Å². The van der Waals surface area contributed by atoms with E-state index in [9.17, 15) is 22.0 Å². The van der Waals surface area contributed by atoms with Crippen molar-refractivity contribution >= 4 is 29.1 Å². The first-order valence-electron chi connectivity index (χ1n) is 6.90. The molecule has 1 aromatic heterocycles. The Morgan fingerprint density at radius 2 is 2.00 bits per heavy atom. The van der Waals surface area contributed by atoms with Crippen molar-refractivity contribution < 1.29 is 26.7 Å². The molecule has 0 aliphatic heterocycles. The second-order valence-electron chi connectivity index (χ2n) is 4.63. The van der Waals surface area contributed by atoms with E-state index in [2.05, 4.69) is 25.3 Å². The third-order valence-corrected chi connectivity index (χ3v) is 3.18. The van der Waals surface area contributed by atoms with Crippen molar-refractivity contribution in [3.05, 3.63) is 35.0 Å². The maximum atomic E-state index is 12.9. The Balaban J connectivity index is 2.32. The van der Waals surface area contributed by atoms with E-state index in [0.29, 0.717) is 6.20 Å². The molecule has 2 rings (SSSR count). The van der Waals surface area contributed by atoms with Crippen molar-refractivity contribution in [1.82, 2.24) is 9.97 Å². The number of rotatable bonds is 6. The van der Waals surface area contributed by atoms with Gasteiger partial charge in [0.2, 0.25) is 5.95 Å². The summed E-state index contributed by atoms with van der Waals surface area (Å²) in [5.41, 5.74) is -0.928. The van der Waals surface area contributed by atoms with E-state index < -0.39 is 24.2 Å². The Kier molecular flexibility index (Phi) is 5.83. The van der Waals surface area contributed by atoms with E-state index in [-0.39, 0.29) is 29.0 Å². The molecular weight excluding hydrogens is 371 g/mol. The molecule has 0 aliphatic carbocycles. The Morgan fingerprint density at radius 1 is 1.28 bits per heavy atom. The molecule has 0 aliphatic rings. The number of ether oxygens (including phenoxy) is 1. The number of nitrogens with zero attached hydrogens (tertiary/aromatic N) is 2. The van der Waals surface area contributed by atoms with E-state index in [0.717, 1.165) is 6.07 Å². The van der Waals surface area contributed by atoms with E-state index in [1.807, 2.05) is 0 Å². The summed E-state index contributed by atoms with van der Waals surface area (Å²) in [6.07, 6.45) is -4.01. The van der Waals surface area contributed by atoms with Gasteiger partial charge in [0.1, 0.15) is 17.1 Å². The molecule has 0 saturated carbocycles. The zero-order valence-electron chi connectivity index (χ0n) is 12.7. The van der Waals surface area contributed by atoms with Crippen LogP contribution in [-0.2, 0) is 6.18 Å². The smallest absolute Gasteiger partial charge is 0.421 e. The lowest BCUT2D eigenvalue weighted by Crippen LogP contribution is -2.14. The number of nitrogens with one attached hydrogen (secondary N) is 2. The molecule has 1 heterocycles. The van der Waals surface area contributed by atoms with Crippen LogP contribution in [0.1, 0.15) is 12.5 Å². The summed E-state index contributed by atoms with van der Waals surface area (Å²) in [6.45, 7) is -1.22. The van der Waals surface area contributed by atoms with Gasteiger partial charge in [-0.15, -0.1) is 0 Å². The number of hydrogen-bond donors (Lipinski definition) is 2. The normalized spacial score (nSPS) is 11.5. The molecular formula is C14H12ClF5N4O. The molecule has 1 aromatic carbocycles. The third kappa shape index (κ3) is 5.05. The molecule has 0 bridgehead atoms. The number of aromatic nitrogens is 2. The van der Waals surface area contributed by atoms with Crippen LogP contribution in [0.15, 0.2) is 24.4 Å². The fraction of sp³-hybridized carbons (Fsp3) is 0.286. The number of anilines is 3. The van der Waals surface area contributed by atoms with E-state index >= 15 is 0 Å². The highest BCUT2D eigenvalue weighted by molar-refractivity contribution is 6.33. The molecule has 2 aromatic rings. The van der Waals surface area contributed by atoms with Crippen molar-refractivity contribution in [1.29, 1.82) is 0 Å². The maximum Gasteiger partial charge on any atom is 0.421 e. The van der Waals surface area contributed by atoms with Gasteiger partial charge in [-0.3, -0.25) is 0 Å². The first kappa shape index (κ1) is 19.0. The predicted octanol–water partition coefficient (Wildman–Crippen LogP) is 4.93. The lowest BCUT2D eigenvalue weighted by molar-refractivity contribution is -0.137. The number of hydrogen-bond acceptors (Lipinski definition) is 5. The molecule has 136 valence electrons. The predicted molar refractivity (Wildman–Crippen MR) is 82.6 cm³/mol. The second kappa shape index (κ2) is 7.68. The summed E-state index contributed by atoms with van der Waals surface area (Å²) in [4.78, 5) is 7.34. The summed E-state index contributed by atoms with van der Waals surface area (Å²) in [6, 6.07) is 3.66. The standard InChI is InChI=1S/C14H12ClF5N4O/c1-2-21-11-8(14(18,19)20)6-22-13(24-11)23-10-5-7(25-12(16)17)3-4-9(10)15/h3-6,12H,2H2,1H3,(H2,21,22,23,24). The average Bonchev–Trinajstić information content (AvgIpc) is 2.49. The first-order valence-corrected chi connectivity index (χ1v) is 7.28. The lowest BCUT2D eigenvalue weighted by Gasteiger charge is -2.14. The van der Waals surface area contributed by atoms with E-state index in [4.69, 9.17) is 11.6 Å². The van der Waals surface area contributed by atoms with Gasteiger partial charge in [-0.2, -0.15) is 26.9 Å². The van der Waals surface area contributed by atoms with Crippen LogP contribution in [0, 0.1) is 0 Å². The second-order valence-corrected chi connectivity index (χ2v) is 5.04. The molecule has 0 amide bonds. The summed E-state index contributed by atoms with van der Waals surface area (Å²) in [5, 5.41) is 5.19. The number of halogens is 6. The van der Waals surface area contributed by atoms with Crippen LogP contribution in [0.25, 0.3) is 0 Å². The van der Waals surface area contributed by atoms with Gasteiger partial charge < -0.3 is 15.4 Å². The minimum atomic E-state index is -4.63. The summed E-state index contributed by atoms with van der Waals surface area (Å²) < 4.78 is 67.5. The minimum absolute atomic E-state index is 0.0991. The first-order chi connectivity index (χ1) is 11.7. The highest BCUT2D eigenvalue weighted by atomic mass is 35.5. The van der Waals surface area contributed by atoms with Crippen LogP contribution in [0.5, 0.6) is 5.75 Å². The topological polar surface area (TPSA) is 59.1 Å². The van der Waals surface area contributed by atoms with Crippen LogP contribution < -0.4 is 15.4 Å². The maximum absolute atomic E-state index is 12.9. The molecule has 0 fully saturated rings. The molecule has 0 saturated heterocycles. The fourth-order valence-corrected chi connectivity index (χ4v) is 2.01. The third-order valence-electron chi connectivity index (χ3n) is 2.85. The highest BCUT2D eigenvalue weighted by Crippen LogP contribution is 2.35. The highest BCUT2D eigenvalue weighted by Gasteiger charge is 2.35. The van der Waals surface area contributed by atoms with Gasteiger partial charge in [-0.1, -0.05) is 11.6 Å². The monoisotopic (exact) mass is 382 g/mol. The Labute approximate surface area is 144 Å². The zero-order valence-corrected chi connectivity index (χ0v) is 13.4. The van der Waals surface area contributed by atoms with Crippen LogP contribution in [0.4, 0.5) is 39.4 Å². The molecule has 2 N–H and O–H groups in total. The average molecular weight is 383 g/mol. The van der Waals surface area contributed by atoms with Gasteiger partial charge in [0.05, 0.1) is 10.7 Å². The van der Waals surface area contributed by atoms with Gasteiger partial charge in [-0.25, -0.2) is 4.98 Å². The Hall–Kier alpha value is -2.36. The molecule has 0 unspecified atom stereocenters. The van der Waals surface area contributed by atoms with Crippen LogP contribution >= 0.6 is 11.6 Å². The lowest BCUT2D eigenvalue weighted by atomic mass is 10.3. The van der Waals surface area contributed by atoms with E-state index in [1.54, 1.807) is 6.92 Å². The Bertz CT molecular complexity index is 742. The van der Waals surface area contributed by atoms with Gasteiger partial charge in [0.15, 0.2) is 0 Å². The SMILES string of the molecule is CCNc1nc(Nc2cc(OC(F)F)ccc2Cl)ncc1C(F)(F)F. The minimum Gasteiger partial charge on any atom is -0.435 e. The van der Waals surface area contributed by atoms with Crippen molar-refractivity contribution in [3.8, 4) is 5.75 Å².